The number of aromatic nitrogens is 1. The Morgan fingerprint density at radius 1 is 1.00 bits per heavy atom. The highest BCUT2D eigenvalue weighted by molar-refractivity contribution is 7.93. The number of anilines is 1. The summed E-state index contributed by atoms with van der Waals surface area (Å²) in [6.07, 6.45) is 1.90. The second kappa shape index (κ2) is 13.2. The number of hydrogen-bond donors (Lipinski definition) is 1. The number of carbonyl (C=O) groups is 2. The summed E-state index contributed by atoms with van der Waals surface area (Å²) in [5.41, 5.74) is -1.53. The van der Waals surface area contributed by atoms with Gasteiger partial charge in [-0.25, -0.2) is 22.5 Å². The first-order valence-corrected chi connectivity index (χ1v) is 17.2. The lowest BCUT2D eigenvalue weighted by Crippen LogP contribution is -2.67. The number of carboxylic acid groups (broad SMARTS) is 1. The molecule has 2 amide bonds. The Kier molecular flexibility index (Phi) is 9.14. The molecule has 3 aromatic rings. The minimum Gasteiger partial charge on any atom is -0.497 e. The molecule has 4 heterocycles. The second-order valence-corrected chi connectivity index (χ2v) is 14.1. The number of nitrogens with zero attached hydrogens (tertiary/aromatic N) is 6. The predicted octanol–water partition coefficient (Wildman–Crippen LogP) is 2.76. The first kappa shape index (κ1) is 34.0. The number of nitriles is 1. The average Bonchev–Trinajstić information content (AvgIpc) is 3.39. The third-order valence-corrected chi connectivity index (χ3v) is 11.7. The van der Waals surface area contributed by atoms with Crippen LogP contribution in [0.4, 0.5) is 10.5 Å². The maximum Gasteiger partial charge on any atom is 0.407 e. The van der Waals surface area contributed by atoms with Gasteiger partial charge in [0.25, 0.3) is 15.9 Å². The van der Waals surface area contributed by atoms with Crippen LogP contribution in [-0.4, -0.2) is 118 Å². The van der Waals surface area contributed by atoms with E-state index in [1.54, 1.807) is 12.1 Å². The Morgan fingerprint density at radius 3 is 2.41 bits per heavy atom. The minimum absolute atomic E-state index is 0.0190. The fraction of sp³-hybridized carbons (Fsp3) is 0.412. The van der Waals surface area contributed by atoms with Crippen LogP contribution in [0.1, 0.15) is 29.5 Å². The quantitative estimate of drug-likeness (QED) is 0.368. The number of fused-ring (bicyclic) bond motifs is 1. The Labute approximate surface area is 285 Å². The summed E-state index contributed by atoms with van der Waals surface area (Å²) in [7, 11) is 1.44. The summed E-state index contributed by atoms with van der Waals surface area (Å²) >= 11 is 0. The zero-order valence-electron chi connectivity index (χ0n) is 27.7. The van der Waals surface area contributed by atoms with E-state index in [1.165, 1.54) is 68.8 Å². The third-order valence-electron chi connectivity index (χ3n) is 9.93. The highest BCUT2D eigenvalue weighted by atomic mass is 32.2. The standard InChI is InChI=1S/C34H38N6O8S/c1-37-14-11-23(12-15-37)38-16-17-39(33(42)43)30(21-38)34(25-6-5-13-36-31(25)48-4)26-18-22(20-35)7-9-27(26)40(32(34)41)49(44,45)29-10-8-24(46-2)19-28(29)47-3/h5-10,13,18-19,23,30H,11-12,14-17,21H2,1-4H3,(H,42,43). The van der Waals surface area contributed by atoms with Gasteiger partial charge in [-0.1, -0.05) is 6.07 Å². The van der Waals surface area contributed by atoms with Crippen molar-refractivity contribution in [2.24, 2.45) is 0 Å². The van der Waals surface area contributed by atoms with Crippen molar-refractivity contribution in [3.05, 3.63) is 71.4 Å². The molecule has 3 aliphatic rings. The normalized spacial score (nSPS) is 22.0. The maximum absolute atomic E-state index is 15.6. The van der Waals surface area contributed by atoms with E-state index in [-0.39, 0.29) is 58.0 Å². The van der Waals surface area contributed by atoms with Crippen LogP contribution in [-0.2, 0) is 20.2 Å². The molecule has 0 aliphatic carbocycles. The van der Waals surface area contributed by atoms with E-state index < -0.39 is 33.5 Å². The van der Waals surface area contributed by atoms with Gasteiger partial charge in [-0.2, -0.15) is 5.26 Å². The van der Waals surface area contributed by atoms with Crippen molar-refractivity contribution in [3.63, 3.8) is 0 Å². The molecule has 0 radical (unpaired) electrons. The molecule has 258 valence electrons. The molecule has 0 spiro atoms. The monoisotopic (exact) mass is 690 g/mol. The van der Waals surface area contributed by atoms with Crippen LogP contribution in [0.15, 0.2) is 59.6 Å². The lowest BCUT2D eigenvalue weighted by Gasteiger charge is -2.50. The molecule has 3 aliphatic heterocycles. The highest BCUT2D eigenvalue weighted by Gasteiger charge is 2.64. The van der Waals surface area contributed by atoms with Crippen molar-refractivity contribution < 1.29 is 37.3 Å². The minimum atomic E-state index is -4.73. The Balaban J connectivity index is 1.64. The van der Waals surface area contributed by atoms with E-state index in [2.05, 4.69) is 27.9 Å². The fourth-order valence-electron chi connectivity index (χ4n) is 7.52. The summed E-state index contributed by atoms with van der Waals surface area (Å²) in [6.45, 7) is 2.33. The lowest BCUT2D eigenvalue weighted by atomic mass is 9.68. The molecule has 2 aromatic carbocycles. The van der Waals surface area contributed by atoms with Crippen LogP contribution in [0.5, 0.6) is 17.4 Å². The molecule has 2 atom stereocenters. The van der Waals surface area contributed by atoms with E-state index in [1.807, 2.05) is 0 Å². The third kappa shape index (κ3) is 5.49. The van der Waals surface area contributed by atoms with Gasteiger partial charge in [-0.3, -0.25) is 9.69 Å². The number of hydrogen-bond acceptors (Lipinski definition) is 11. The molecule has 0 bridgehead atoms. The number of ether oxygens (including phenoxy) is 3. The van der Waals surface area contributed by atoms with Gasteiger partial charge in [0.15, 0.2) is 0 Å². The van der Waals surface area contributed by atoms with Crippen LogP contribution in [0.2, 0.25) is 0 Å². The maximum atomic E-state index is 15.6. The molecule has 1 aromatic heterocycles. The van der Waals surface area contributed by atoms with Crippen molar-refractivity contribution in [1.29, 1.82) is 5.26 Å². The van der Waals surface area contributed by atoms with Gasteiger partial charge in [0, 0.05) is 49.1 Å². The Bertz CT molecular complexity index is 1930. The first-order chi connectivity index (χ1) is 23.5. The molecule has 6 rings (SSSR count). The smallest absolute Gasteiger partial charge is 0.407 e. The van der Waals surface area contributed by atoms with Crippen molar-refractivity contribution in [1.82, 2.24) is 19.7 Å². The number of piperidine rings is 1. The molecule has 1 N–H and O–H groups in total. The van der Waals surface area contributed by atoms with Gasteiger partial charge >= 0.3 is 6.09 Å². The van der Waals surface area contributed by atoms with E-state index in [9.17, 15) is 23.6 Å². The molecular weight excluding hydrogens is 652 g/mol. The lowest BCUT2D eigenvalue weighted by molar-refractivity contribution is -0.124. The molecule has 0 saturated carbocycles. The zero-order chi connectivity index (χ0) is 35.1. The summed E-state index contributed by atoms with van der Waals surface area (Å²) in [4.78, 5) is 38.4. The van der Waals surface area contributed by atoms with Crippen LogP contribution >= 0.6 is 0 Å². The van der Waals surface area contributed by atoms with E-state index >= 15 is 4.79 Å². The van der Waals surface area contributed by atoms with Gasteiger partial charge in [0.1, 0.15) is 21.8 Å². The number of amides is 2. The van der Waals surface area contributed by atoms with Crippen LogP contribution in [0.25, 0.3) is 0 Å². The van der Waals surface area contributed by atoms with Gasteiger partial charge in [0.2, 0.25) is 5.88 Å². The number of sulfonamides is 1. The molecule has 49 heavy (non-hydrogen) atoms. The number of likely N-dealkylation sites (tertiary alicyclic amines) is 1. The van der Waals surface area contributed by atoms with Crippen LogP contribution in [0.3, 0.4) is 0 Å². The van der Waals surface area contributed by atoms with Crippen LogP contribution < -0.4 is 18.5 Å². The Morgan fingerprint density at radius 2 is 1.76 bits per heavy atom. The summed E-state index contributed by atoms with van der Waals surface area (Å²) < 4.78 is 46.7. The van der Waals surface area contributed by atoms with E-state index in [4.69, 9.17) is 14.2 Å². The molecule has 2 unspecified atom stereocenters. The highest BCUT2D eigenvalue weighted by Crippen LogP contribution is 2.54. The van der Waals surface area contributed by atoms with Gasteiger partial charge in [0.05, 0.1) is 44.7 Å². The number of pyridine rings is 1. The summed E-state index contributed by atoms with van der Waals surface area (Å²) in [5, 5.41) is 20.7. The number of methoxy groups -OCH3 is 3. The molecule has 14 nitrogen and oxygen atoms in total. The number of benzene rings is 2. The van der Waals surface area contributed by atoms with Gasteiger partial charge in [-0.05, 0) is 69.4 Å². The summed E-state index contributed by atoms with van der Waals surface area (Å²) in [5.74, 6) is -0.627. The second-order valence-electron chi connectivity index (χ2n) is 12.3. The SMILES string of the molecule is COc1ccc(S(=O)(=O)N2C(=O)C(c3cccnc3OC)(C3CN(C4CCN(C)CC4)CCN3C(=O)O)c3cc(C#N)ccc32)c(OC)c1. The Hall–Kier alpha value is -4.91. The number of piperazine rings is 1. The van der Waals surface area contributed by atoms with E-state index in [0.717, 1.165) is 25.9 Å². The first-order valence-electron chi connectivity index (χ1n) is 15.8. The van der Waals surface area contributed by atoms with Gasteiger partial charge < -0.3 is 29.1 Å². The largest absolute Gasteiger partial charge is 0.497 e. The van der Waals surface area contributed by atoms with Gasteiger partial charge in [-0.15, -0.1) is 0 Å². The van der Waals surface area contributed by atoms with Crippen molar-refractivity contribution in [2.75, 3.05) is 65.4 Å². The molecule has 15 heteroatoms. The topological polar surface area (TPSA) is 166 Å². The fourth-order valence-corrected chi connectivity index (χ4v) is 9.13. The number of rotatable bonds is 8. The number of carbonyl (C=O) groups excluding carboxylic acids is 1. The predicted molar refractivity (Wildman–Crippen MR) is 178 cm³/mol. The molecule has 2 fully saturated rings. The van der Waals surface area contributed by atoms with Crippen molar-refractivity contribution in [2.45, 2.75) is 35.2 Å². The van der Waals surface area contributed by atoms with E-state index in [0.29, 0.717) is 16.6 Å². The summed E-state index contributed by atoms with van der Waals surface area (Å²) in [6, 6.07) is 12.7. The van der Waals surface area contributed by atoms with Crippen LogP contribution in [0, 0.1) is 11.3 Å². The van der Waals surface area contributed by atoms with Crippen molar-refractivity contribution in [3.8, 4) is 23.4 Å². The zero-order valence-corrected chi connectivity index (χ0v) is 28.5. The molecular formula is C34H38N6O8S. The average molecular weight is 691 g/mol. The van der Waals surface area contributed by atoms with Crippen molar-refractivity contribution >= 4 is 27.7 Å². The molecule has 2 saturated heterocycles.